The molecule has 0 fully saturated rings. The molecule has 5 heteroatoms. The van der Waals surface area contributed by atoms with Crippen LogP contribution in [-0.2, 0) is 6.54 Å². The maximum absolute atomic E-state index is 13.6. The first kappa shape index (κ1) is 14.5. The minimum Gasteiger partial charge on any atom is -0.337 e. The molecular formula is C15H12ClF2NO. The summed E-state index contributed by atoms with van der Waals surface area (Å²) in [5.41, 5.74) is 0.673. The molecule has 0 aliphatic heterocycles. The van der Waals surface area contributed by atoms with Crippen molar-refractivity contribution in [2.24, 2.45) is 0 Å². The zero-order valence-electron chi connectivity index (χ0n) is 10.7. The number of hydrogen-bond donors (Lipinski definition) is 0. The summed E-state index contributed by atoms with van der Waals surface area (Å²) in [6, 6.07) is 9.61. The first-order valence-electron chi connectivity index (χ1n) is 5.92. The van der Waals surface area contributed by atoms with E-state index in [1.165, 1.54) is 29.2 Å². The molecule has 0 aliphatic carbocycles. The molecule has 0 saturated carbocycles. The lowest BCUT2D eigenvalue weighted by Gasteiger charge is -2.17. The first-order chi connectivity index (χ1) is 9.47. The lowest BCUT2D eigenvalue weighted by Crippen LogP contribution is -2.27. The summed E-state index contributed by atoms with van der Waals surface area (Å²) in [5.74, 6) is -1.44. The number of rotatable bonds is 3. The Morgan fingerprint density at radius 3 is 2.45 bits per heavy atom. The van der Waals surface area contributed by atoms with E-state index in [-0.39, 0.29) is 17.9 Å². The van der Waals surface area contributed by atoms with E-state index in [1.807, 2.05) is 0 Å². The highest BCUT2D eigenvalue weighted by Gasteiger charge is 2.16. The van der Waals surface area contributed by atoms with Gasteiger partial charge in [-0.2, -0.15) is 0 Å². The normalized spacial score (nSPS) is 10.4. The summed E-state index contributed by atoms with van der Waals surface area (Å²) < 4.78 is 26.4. The zero-order chi connectivity index (χ0) is 14.7. The molecule has 0 bridgehead atoms. The van der Waals surface area contributed by atoms with Crippen molar-refractivity contribution in [3.8, 4) is 0 Å². The van der Waals surface area contributed by atoms with Gasteiger partial charge < -0.3 is 4.90 Å². The van der Waals surface area contributed by atoms with E-state index in [0.717, 1.165) is 11.6 Å². The second kappa shape index (κ2) is 6.01. The molecule has 0 aromatic heterocycles. The molecule has 0 radical (unpaired) electrons. The number of nitrogens with zero attached hydrogens (tertiary/aromatic N) is 1. The molecule has 0 unspecified atom stereocenters. The quantitative estimate of drug-likeness (QED) is 0.841. The van der Waals surface area contributed by atoms with E-state index >= 15 is 0 Å². The minimum absolute atomic E-state index is 0.0814. The molecular weight excluding hydrogens is 284 g/mol. The van der Waals surface area contributed by atoms with Gasteiger partial charge in [0.1, 0.15) is 11.6 Å². The fraction of sp³-hybridized carbons (Fsp3) is 0.133. The molecule has 20 heavy (non-hydrogen) atoms. The molecule has 2 nitrogen and oxygen atoms in total. The Morgan fingerprint density at radius 1 is 1.15 bits per heavy atom. The Balaban J connectivity index is 2.16. The Bertz CT molecular complexity index is 628. The lowest BCUT2D eigenvalue weighted by molar-refractivity contribution is 0.0780. The average molecular weight is 296 g/mol. The minimum atomic E-state index is -0.620. The Labute approximate surface area is 120 Å². The van der Waals surface area contributed by atoms with Crippen LogP contribution in [0.1, 0.15) is 15.9 Å². The standard InChI is InChI=1S/C15H12ClF2NO/c1-19(9-10-2-5-12(17)6-3-10)15(20)13-8-11(16)4-7-14(13)18/h2-8H,9H2,1H3. The van der Waals surface area contributed by atoms with Crippen molar-refractivity contribution in [3.05, 3.63) is 70.2 Å². The summed E-state index contributed by atoms with van der Waals surface area (Å²) in [6.07, 6.45) is 0. The smallest absolute Gasteiger partial charge is 0.256 e. The summed E-state index contributed by atoms with van der Waals surface area (Å²) in [6.45, 7) is 0.255. The lowest BCUT2D eigenvalue weighted by atomic mass is 10.1. The van der Waals surface area contributed by atoms with Gasteiger partial charge in [-0.25, -0.2) is 8.78 Å². The maximum atomic E-state index is 13.6. The molecule has 0 saturated heterocycles. The molecule has 0 heterocycles. The van der Waals surface area contributed by atoms with Crippen molar-refractivity contribution in [3.63, 3.8) is 0 Å². The van der Waals surface area contributed by atoms with Crippen molar-refractivity contribution < 1.29 is 13.6 Å². The van der Waals surface area contributed by atoms with Crippen LogP contribution < -0.4 is 0 Å². The van der Waals surface area contributed by atoms with Gasteiger partial charge in [0.2, 0.25) is 0 Å². The van der Waals surface area contributed by atoms with Crippen molar-refractivity contribution in [2.75, 3.05) is 7.05 Å². The number of amides is 1. The van der Waals surface area contributed by atoms with Crippen LogP contribution in [0, 0.1) is 11.6 Å². The third kappa shape index (κ3) is 3.33. The van der Waals surface area contributed by atoms with Crippen LogP contribution in [0.4, 0.5) is 8.78 Å². The van der Waals surface area contributed by atoms with E-state index in [9.17, 15) is 13.6 Å². The van der Waals surface area contributed by atoms with E-state index in [4.69, 9.17) is 11.6 Å². The van der Waals surface area contributed by atoms with Crippen molar-refractivity contribution in [1.29, 1.82) is 0 Å². The maximum Gasteiger partial charge on any atom is 0.256 e. The SMILES string of the molecule is CN(Cc1ccc(F)cc1)C(=O)c1cc(Cl)ccc1F. The predicted octanol–water partition coefficient (Wildman–Crippen LogP) is 3.89. The van der Waals surface area contributed by atoms with Crippen molar-refractivity contribution in [2.45, 2.75) is 6.54 Å². The highest BCUT2D eigenvalue weighted by atomic mass is 35.5. The van der Waals surface area contributed by atoms with Crippen LogP contribution in [0.25, 0.3) is 0 Å². The molecule has 0 atom stereocenters. The van der Waals surface area contributed by atoms with Crippen LogP contribution in [0.3, 0.4) is 0 Å². The summed E-state index contributed by atoms with van der Waals surface area (Å²) in [5, 5.41) is 0.296. The third-order valence-electron chi connectivity index (χ3n) is 2.84. The monoisotopic (exact) mass is 295 g/mol. The van der Waals surface area contributed by atoms with E-state index < -0.39 is 11.7 Å². The second-order valence-corrected chi connectivity index (χ2v) is 4.85. The number of benzene rings is 2. The number of carbonyl (C=O) groups excluding carboxylic acids is 1. The topological polar surface area (TPSA) is 20.3 Å². The van der Waals surface area contributed by atoms with Gasteiger partial charge >= 0.3 is 0 Å². The average Bonchev–Trinajstić information content (AvgIpc) is 2.43. The fourth-order valence-electron chi connectivity index (χ4n) is 1.80. The molecule has 1 amide bonds. The van der Waals surface area contributed by atoms with E-state index in [1.54, 1.807) is 19.2 Å². The predicted molar refractivity (Wildman–Crippen MR) is 73.6 cm³/mol. The number of halogens is 3. The third-order valence-corrected chi connectivity index (χ3v) is 3.07. The summed E-state index contributed by atoms with van der Waals surface area (Å²) in [4.78, 5) is 13.5. The van der Waals surface area contributed by atoms with Crippen LogP contribution in [0.2, 0.25) is 5.02 Å². The van der Waals surface area contributed by atoms with Gasteiger partial charge in [0, 0.05) is 18.6 Å². The van der Waals surface area contributed by atoms with Crippen LogP contribution in [0.5, 0.6) is 0 Å². The number of hydrogen-bond acceptors (Lipinski definition) is 1. The van der Waals surface area contributed by atoms with Crippen LogP contribution in [0.15, 0.2) is 42.5 Å². The van der Waals surface area contributed by atoms with Gasteiger partial charge in [0.15, 0.2) is 0 Å². The zero-order valence-corrected chi connectivity index (χ0v) is 11.5. The van der Waals surface area contributed by atoms with Gasteiger partial charge in [-0.1, -0.05) is 23.7 Å². The van der Waals surface area contributed by atoms with Gasteiger partial charge in [-0.3, -0.25) is 4.79 Å². The molecule has 2 aromatic carbocycles. The summed E-state index contributed by atoms with van der Waals surface area (Å²) >= 11 is 5.76. The van der Waals surface area contributed by atoms with Crippen molar-refractivity contribution in [1.82, 2.24) is 4.90 Å². The molecule has 2 rings (SSSR count). The van der Waals surface area contributed by atoms with Gasteiger partial charge in [0.25, 0.3) is 5.91 Å². The fourth-order valence-corrected chi connectivity index (χ4v) is 1.97. The largest absolute Gasteiger partial charge is 0.337 e. The van der Waals surface area contributed by atoms with Crippen LogP contribution >= 0.6 is 11.6 Å². The van der Waals surface area contributed by atoms with E-state index in [2.05, 4.69) is 0 Å². The Kier molecular flexibility index (Phi) is 4.35. The van der Waals surface area contributed by atoms with Gasteiger partial charge in [-0.05, 0) is 35.9 Å². The molecule has 0 N–H and O–H groups in total. The van der Waals surface area contributed by atoms with Crippen molar-refractivity contribution >= 4 is 17.5 Å². The Hall–Kier alpha value is -1.94. The molecule has 0 spiro atoms. The first-order valence-corrected chi connectivity index (χ1v) is 6.30. The molecule has 2 aromatic rings. The second-order valence-electron chi connectivity index (χ2n) is 4.41. The van der Waals surface area contributed by atoms with Gasteiger partial charge in [0.05, 0.1) is 5.56 Å². The van der Waals surface area contributed by atoms with Gasteiger partial charge in [-0.15, -0.1) is 0 Å². The molecule has 104 valence electrons. The summed E-state index contributed by atoms with van der Waals surface area (Å²) in [7, 11) is 1.55. The van der Waals surface area contributed by atoms with Crippen LogP contribution in [-0.4, -0.2) is 17.9 Å². The highest BCUT2D eigenvalue weighted by molar-refractivity contribution is 6.30. The number of carbonyl (C=O) groups is 1. The molecule has 0 aliphatic rings. The highest BCUT2D eigenvalue weighted by Crippen LogP contribution is 2.17. The van der Waals surface area contributed by atoms with E-state index in [0.29, 0.717) is 5.02 Å². The Morgan fingerprint density at radius 2 is 1.80 bits per heavy atom.